The number of carbonyl (C=O) groups is 2. The number of benzene rings is 1. The summed E-state index contributed by atoms with van der Waals surface area (Å²) < 4.78 is 6.35. The Labute approximate surface area is 138 Å². The molecule has 7 heteroatoms. The number of aromatic nitrogens is 2. The van der Waals surface area contributed by atoms with Gasteiger partial charge in [-0.15, -0.1) is 0 Å². The van der Waals surface area contributed by atoms with Gasteiger partial charge >= 0.3 is 5.97 Å². The van der Waals surface area contributed by atoms with Gasteiger partial charge in [0.2, 0.25) is 5.91 Å². The standard InChI is InChI=1S/C17H19N3O4/c1-9(2)20-15-14(16(22)19-20)12(8-13(21)18-15)10-4-6-11(7-5-10)17(23)24-3/h4-7,9,12H,8H2,1-3H3,(H,18,21)(H,19,22)/t12-/m0/s1. The molecule has 0 aliphatic carbocycles. The van der Waals surface area contributed by atoms with Crippen LogP contribution >= 0.6 is 0 Å². The Bertz CT molecular complexity index is 846. The molecule has 0 fully saturated rings. The monoisotopic (exact) mass is 329 g/mol. The van der Waals surface area contributed by atoms with Gasteiger partial charge in [0.15, 0.2) is 0 Å². The van der Waals surface area contributed by atoms with Crippen molar-refractivity contribution >= 4 is 17.7 Å². The number of anilines is 1. The number of carbonyl (C=O) groups excluding carboxylic acids is 2. The second kappa shape index (κ2) is 5.99. The molecule has 2 aromatic rings. The molecule has 1 atom stereocenters. The van der Waals surface area contributed by atoms with Crippen LogP contribution < -0.4 is 10.9 Å². The van der Waals surface area contributed by atoms with Crippen molar-refractivity contribution in [2.45, 2.75) is 32.2 Å². The minimum Gasteiger partial charge on any atom is -0.465 e. The number of H-pyrrole nitrogens is 1. The highest BCUT2D eigenvalue weighted by molar-refractivity contribution is 5.94. The van der Waals surface area contributed by atoms with E-state index in [1.807, 2.05) is 13.8 Å². The molecule has 0 radical (unpaired) electrons. The van der Waals surface area contributed by atoms with Crippen LogP contribution in [0.5, 0.6) is 0 Å². The summed E-state index contributed by atoms with van der Waals surface area (Å²) in [6.45, 7) is 3.86. The highest BCUT2D eigenvalue weighted by atomic mass is 16.5. The van der Waals surface area contributed by atoms with E-state index in [4.69, 9.17) is 0 Å². The smallest absolute Gasteiger partial charge is 0.337 e. The first-order valence-electron chi connectivity index (χ1n) is 7.75. The predicted molar refractivity (Wildman–Crippen MR) is 88.3 cm³/mol. The number of nitrogens with zero attached hydrogens (tertiary/aromatic N) is 1. The van der Waals surface area contributed by atoms with Crippen LogP contribution in [0.2, 0.25) is 0 Å². The normalized spacial score (nSPS) is 16.7. The molecule has 1 aromatic carbocycles. The molecule has 0 unspecified atom stereocenters. The summed E-state index contributed by atoms with van der Waals surface area (Å²) in [5, 5.41) is 5.57. The second-order valence-electron chi connectivity index (χ2n) is 6.09. The molecule has 0 spiro atoms. The third kappa shape index (κ3) is 2.62. The molecule has 3 rings (SSSR count). The average Bonchev–Trinajstić information content (AvgIpc) is 2.90. The number of methoxy groups -OCH3 is 1. The zero-order valence-electron chi connectivity index (χ0n) is 13.8. The fraction of sp³-hybridized carbons (Fsp3) is 0.353. The Hall–Kier alpha value is -2.83. The van der Waals surface area contributed by atoms with E-state index >= 15 is 0 Å². The number of aromatic amines is 1. The Morgan fingerprint density at radius 2 is 1.92 bits per heavy atom. The third-order valence-corrected chi connectivity index (χ3v) is 4.21. The number of hydrogen-bond acceptors (Lipinski definition) is 4. The maximum Gasteiger partial charge on any atom is 0.337 e. The number of rotatable bonds is 3. The van der Waals surface area contributed by atoms with E-state index in [1.54, 1.807) is 28.9 Å². The first-order valence-corrected chi connectivity index (χ1v) is 7.75. The van der Waals surface area contributed by atoms with Crippen molar-refractivity contribution in [2.24, 2.45) is 0 Å². The zero-order valence-corrected chi connectivity index (χ0v) is 13.8. The van der Waals surface area contributed by atoms with Crippen LogP contribution in [-0.4, -0.2) is 28.8 Å². The maximum absolute atomic E-state index is 12.4. The van der Waals surface area contributed by atoms with Gasteiger partial charge in [-0.25, -0.2) is 4.79 Å². The van der Waals surface area contributed by atoms with Crippen LogP contribution in [0.15, 0.2) is 29.1 Å². The Balaban J connectivity index is 2.06. The van der Waals surface area contributed by atoms with Crippen molar-refractivity contribution in [1.29, 1.82) is 0 Å². The van der Waals surface area contributed by atoms with E-state index in [0.717, 1.165) is 5.56 Å². The molecule has 0 saturated heterocycles. The molecule has 126 valence electrons. The van der Waals surface area contributed by atoms with E-state index in [-0.39, 0.29) is 29.8 Å². The van der Waals surface area contributed by atoms with Crippen LogP contribution in [0.1, 0.15) is 53.7 Å². The molecule has 7 nitrogen and oxygen atoms in total. The lowest BCUT2D eigenvalue weighted by atomic mass is 9.87. The van der Waals surface area contributed by atoms with Gasteiger partial charge in [-0.3, -0.25) is 19.4 Å². The summed E-state index contributed by atoms with van der Waals surface area (Å²) in [5.41, 5.74) is 1.58. The molecule has 1 aliphatic heterocycles. The number of amides is 1. The number of nitrogens with one attached hydrogen (secondary N) is 2. The lowest BCUT2D eigenvalue weighted by Gasteiger charge is -2.24. The van der Waals surface area contributed by atoms with Crippen LogP contribution in [0.25, 0.3) is 0 Å². The van der Waals surface area contributed by atoms with Crippen LogP contribution in [0, 0.1) is 0 Å². The van der Waals surface area contributed by atoms with Crippen LogP contribution in [0.4, 0.5) is 5.82 Å². The zero-order chi connectivity index (χ0) is 17.4. The van der Waals surface area contributed by atoms with Crippen molar-refractivity contribution in [3.8, 4) is 0 Å². The fourth-order valence-electron chi connectivity index (χ4n) is 3.03. The summed E-state index contributed by atoms with van der Waals surface area (Å²) in [4.78, 5) is 36.0. The summed E-state index contributed by atoms with van der Waals surface area (Å²) in [6.07, 6.45) is 0.190. The van der Waals surface area contributed by atoms with Crippen LogP contribution in [0.3, 0.4) is 0 Å². The summed E-state index contributed by atoms with van der Waals surface area (Å²) in [7, 11) is 1.32. The number of ether oxygens (including phenoxy) is 1. The van der Waals surface area contributed by atoms with Crippen molar-refractivity contribution in [1.82, 2.24) is 9.78 Å². The highest BCUT2D eigenvalue weighted by Gasteiger charge is 2.33. The average molecular weight is 329 g/mol. The highest BCUT2D eigenvalue weighted by Crippen LogP contribution is 2.35. The molecule has 24 heavy (non-hydrogen) atoms. The van der Waals surface area contributed by atoms with E-state index in [0.29, 0.717) is 16.9 Å². The van der Waals surface area contributed by atoms with Crippen molar-refractivity contribution in [2.75, 3.05) is 12.4 Å². The summed E-state index contributed by atoms with van der Waals surface area (Å²) >= 11 is 0. The van der Waals surface area contributed by atoms with E-state index < -0.39 is 5.97 Å². The quantitative estimate of drug-likeness (QED) is 0.843. The molecule has 1 aliphatic rings. The van der Waals surface area contributed by atoms with Gasteiger partial charge in [-0.1, -0.05) is 12.1 Å². The summed E-state index contributed by atoms with van der Waals surface area (Å²) in [6, 6.07) is 6.81. The van der Waals surface area contributed by atoms with E-state index in [2.05, 4.69) is 15.2 Å². The SMILES string of the molecule is COC(=O)c1ccc([C@@H]2CC(=O)Nc3c2c(=O)[nH]n3C(C)C)cc1. The lowest BCUT2D eigenvalue weighted by Crippen LogP contribution is -2.27. The molecule has 1 aromatic heterocycles. The molecule has 0 saturated carbocycles. The van der Waals surface area contributed by atoms with Crippen molar-refractivity contribution < 1.29 is 14.3 Å². The van der Waals surface area contributed by atoms with Crippen molar-refractivity contribution in [3.05, 3.63) is 51.3 Å². The minimum absolute atomic E-state index is 0.0159. The predicted octanol–water partition coefficient (Wildman–Crippen LogP) is 2.02. The number of esters is 1. The topological polar surface area (TPSA) is 93.2 Å². The van der Waals surface area contributed by atoms with E-state index in [1.165, 1.54) is 7.11 Å². The summed E-state index contributed by atoms with van der Waals surface area (Å²) in [5.74, 6) is -0.386. The molecule has 2 N–H and O–H groups in total. The number of fused-ring (bicyclic) bond motifs is 1. The molecule has 1 amide bonds. The molecular weight excluding hydrogens is 310 g/mol. The minimum atomic E-state index is -0.424. The fourth-order valence-corrected chi connectivity index (χ4v) is 3.03. The third-order valence-electron chi connectivity index (χ3n) is 4.21. The van der Waals surface area contributed by atoms with Gasteiger partial charge in [-0.2, -0.15) is 0 Å². The Kier molecular flexibility index (Phi) is 4.01. The molecular formula is C17H19N3O4. The van der Waals surface area contributed by atoms with E-state index in [9.17, 15) is 14.4 Å². The van der Waals surface area contributed by atoms with Gasteiger partial charge in [0.25, 0.3) is 5.56 Å². The molecule has 2 heterocycles. The van der Waals surface area contributed by atoms with Gasteiger partial charge < -0.3 is 10.1 Å². The second-order valence-corrected chi connectivity index (χ2v) is 6.09. The molecule has 0 bridgehead atoms. The maximum atomic E-state index is 12.4. The van der Waals surface area contributed by atoms with Gasteiger partial charge in [0.1, 0.15) is 5.82 Å². The number of hydrogen-bond donors (Lipinski definition) is 2. The Morgan fingerprint density at radius 1 is 1.25 bits per heavy atom. The first kappa shape index (κ1) is 16.0. The largest absolute Gasteiger partial charge is 0.465 e. The van der Waals surface area contributed by atoms with Gasteiger partial charge in [0, 0.05) is 18.4 Å². The van der Waals surface area contributed by atoms with Gasteiger partial charge in [0.05, 0.1) is 18.2 Å². The van der Waals surface area contributed by atoms with Gasteiger partial charge in [-0.05, 0) is 31.5 Å². The van der Waals surface area contributed by atoms with Crippen molar-refractivity contribution in [3.63, 3.8) is 0 Å². The lowest BCUT2D eigenvalue weighted by molar-refractivity contribution is -0.116. The Morgan fingerprint density at radius 3 is 2.50 bits per heavy atom. The van der Waals surface area contributed by atoms with Crippen LogP contribution in [-0.2, 0) is 9.53 Å². The first-order chi connectivity index (χ1) is 11.4.